The molecule has 5 N–H and O–H groups in total. The number of hydrogen-bond acceptors (Lipinski definition) is 7. The Morgan fingerprint density at radius 2 is 1.91 bits per heavy atom. The number of anilines is 2. The standard InChI is InChI=1S/C25H24F2N4O3S/c1-25(2,34)13-8-18(26)22(19(27)9-13)20-11-17(23(28)33)24(35-20)31-21-5-3-4-15(30-21)12-29-14-6-7-16(32)10-14/h3-5,8-11,29,34H,6-7,12H2,1-2H3,(H2,28,33)(H,30,31). The van der Waals surface area contributed by atoms with Crippen molar-refractivity contribution in [3.8, 4) is 10.4 Å². The highest BCUT2D eigenvalue weighted by Crippen LogP contribution is 2.40. The second kappa shape index (κ2) is 9.55. The molecule has 10 heteroatoms. The number of thiophene rings is 1. The number of nitrogens with zero attached hydrogens (tertiary/aromatic N) is 1. The molecule has 1 aliphatic rings. The zero-order valence-corrected chi connectivity index (χ0v) is 19.9. The predicted molar refractivity (Wildman–Crippen MR) is 130 cm³/mol. The van der Waals surface area contributed by atoms with Crippen molar-refractivity contribution in [2.75, 3.05) is 5.32 Å². The number of carbonyl (C=O) groups is 2. The number of hydrogen-bond donors (Lipinski definition) is 4. The highest BCUT2D eigenvalue weighted by Gasteiger charge is 2.24. The van der Waals surface area contributed by atoms with Gasteiger partial charge in [0.25, 0.3) is 5.91 Å². The second-order valence-electron chi connectivity index (χ2n) is 8.72. The molecule has 1 aliphatic carbocycles. The summed E-state index contributed by atoms with van der Waals surface area (Å²) in [7, 11) is 0. The average Bonchev–Trinajstić information content (AvgIpc) is 3.37. The number of rotatable bonds is 8. The maximum Gasteiger partial charge on any atom is 0.251 e. The number of aromatic nitrogens is 1. The van der Waals surface area contributed by atoms with E-state index < -0.39 is 23.1 Å². The van der Waals surface area contributed by atoms with Crippen molar-refractivity contribution in [1.29, 1.82) is 0 Å². The van der Waals surface area contributed by atoms with Crippen molar-refractivity contribution in [1.82, 2.24) is 10.3 Å². The number of ketones is 1. The minimum Gasteiger partial charge on any atom is -0.386 e. The summed E-state index contributed by atoms with van der Waals surface area (Å²) in [5.74, 6) is -1.99. The largest absolute Gasteiger partial charge is 0.386 e. The molecule has 182 valence electrons. The van der Waals surface area contributed by atoms with E-state index in [9.17, 15) is 23.5 Å². The normalized spacial score (nSPS) is 13.6. The van der Waals surface area contributed by atoms with E-state index in [-0.39, 0.29) is 27.4 Å². The molecule has 0 spiro atoms. The van der Waals surface area contributed by atoms with Crippen LogP contribution < -0.4 is 16.4 Å². The zero-order valence-electron chi connectivity index (χ0n) is 19.1. The lowest BCUT2D eigenvalue weighted by molar-refractivity contribution is -0.114. The number of halogens is 2. The molecule has 35 heavy (non-hydrogen) atoms. The predicted octanol–water partition coefficient (Wildman–Crippen LogP) is 4.49. The third-order valence-corrected chi connectivity index (χ3v) is 6.58. The van der Waals surface area contributed by atoms with E-state index in [2.05, 4.69) is 15.6 Å². The number of aliphatic hydroxyl groups is 1. The molecular formula is C25H24F2N4O3S. The van der Waals surface area contributed by atoms with Crippen LogP contribution in [0.4, 0.5) is 19.6 Å². The van der Waals surface area contributed by atoms with Crippen LogP contribution in [0.15, 0.2) is 48.2 Å². The Balaban J connectivity index is 1.60. The van der Waals surface area contributed by atoms with Gasteiger partial charge in [-0.1, -0.05) is 6.07 Å². The lowest BCUT2D eigenvalue weighted by Crippen LogP contribution is -2.16. The van der Waals surface area contributed by atoms with Crippen LogP contribution in [-0.2, 0) is 16.9 Å². The van der Waals surface area contributed by atoms with Crippen molar-refractivity contribution >= 4 is 33.8 Å². The van der Waals surface area contributed by atoms with Crippen molar-refractivity contribution in [3.63, 3.8) is 0 Å². The van der Waals surface area contributed by atoms with Crippen LogP contribution in [-0.4, -0.2) is 21.8 Å². The number of pyridine rings is 1. The fraction of sp³-hybridized carbons (Fsp3) is 0.240. The lowest BCUT2D eigenvalue weighted by Gasteiger charge is -2.18. The van der Waals surface area contributed by atoms with E-state index in [1.54, 1.807) is 24.3 Å². The van der Waals surface area contributed by atoms with E-state index in [4.69, 9.17) is 5.73 Å². The van der Waals surface area contributed by atoms with Crippen molar-refractivity contribution < 1.29 is 23.5 Å². The van der Waals surface area contributed by atoms with Gasteiger partial charge in [-0.25, -0.2) is 13.8 Å². The number of carbonyl (C=O) groups excluding carboxylic acids is 2. The first-order valence-corrected chi connectivity index (χ1v) is 11.7. The summed E-state index contributed by atoms with van der Waals surface area (Å²) in [6.45, 7) is 3.26. The Hall–Kier alpha value is -3.63. The Morgan fingerprint density at radius 1 is 1.20 bits per heavy atom. The monoisotopic (exact) mass is 498 g/mol. The third kappa shape index (κ3) is 5.55. The summed E-state index contributed by atoms with van der Waals surface area (Å²) in [6.07, 6.45) is 2.75. The number of primary amides is 1. The molecule has 3 aromatic rings. The fourth-order valence-corrected chi connectivity index (χ4v) is 4.77. The van der Waals surface area contributed by atoms with E-state index in [0.717, 1.165) is 29.2 Å². The Morgan fingerprint density at radius 3 is 2.51 bits per heavy atom. The molecule has 0 unspecified atom stereocenters. The molecule has 0 saturated carbocycles. The topological polar surface area (TPSA) is 117 Å². The second-order valence-corrected chi connectivity index (χ2v) is 9.77. The SMILES string of the molecule is CC(C)(O)c1cc(F)c(-c2cc(C(N)=O)c(Nc3cccc(CNC4=CC(=O)CC4)n3)s2)c(F)c1. The van der Waals surface area contributed by atoms with Crippen molar-refractivity contribution in [3.05, 3.63) is 76.6 Å². The van der Waals surface area contributed by atoms with Gasteiger partial charge < -0.3 is 21.5 Å². The van der Waals surface area contributed by atoms with Crippen LogP contribution in [0, 0.1) is 11.6 Å². The average molecular weight is 499 g/mol. The van der Waals surface area contributed by atoms with Gasteiger partial charge in [-0.15, -0.1) is 11.3 Å². The first kappa shape index (κ1) is 24.5. The van der Waals surface area contributed by atoms with Gasteiger partial charge in [-0.3, -0.25) is 9.59 Å². The molecule has 2 heterocycles. The van der Waals surface area contributed by atoms with Gasteiger partial charge in [-0.2, -0.15) is 0 Å². The maximum atomic E-state index is 14.9. The third-order valence-electron chi connectivity index (χ3n) is 5.51. The minimum atomic E-state index is -1.42. The van der Waals surface area contributed by atoms with E-state index in [0.29, 0.717) is 35.9 Å². The molecule has 0 radical (unpaired) electrons. The molecule has 0 aliphatic heterocycles. The number of allylic oxidation sites excluding steroid dienone is 2. The maximum absolute atomic E-state index is 14.9. The van der Waals surface area contributed by atoms with Crippen molar-refractivity contribution in [2.45, 2.75) is 38.8 Å². The molecule has 0 saturated heterocycles. The zero-order chi connectivity index (χ0) is 25.3. The van der Waals surface area contributed by atoms with Gasteiger partial charge in [0.1, 0.15) is 22.5 Å². The first-order valence-electron chi connectivity index (χ1n) is 10.9. The van der Waals surface area contributed by atoms with Crippen LogP contribution in [0.1, 0.15) is 48.3 Å². The van der Waals surface area contributed by atoms with E-state index in [1.165, 1.54) is 19.9 Å². The van der Waals surface area contributed by atoms with Gasteiger partial charge in [0, 0.05) is 23.1 Å². The summed E-state index contributed by atoms with van der Waals surface area (Å²) in [4.78, 5) is 28.1. The summed E-state index contributed by atoms with van der Waals surface area (Å²) in [6, 6.07) is 8.73. The van der Waals surface area contributed by atoms with Gasteiger partial charge in [0.15, 0.2) is 5.78 Å². The first-order chi connectivity index (χ1) is 16.5. The molecule has 4 rings (SSSR count). The molecule has 0 bridgehead atoms. The Kier molecular flexibility index (Phi) is 6.68. The molecule has 1 amide bonds. The highest BCUT2D eigenvalue weighted by atomic mass is 32.1. The molecule has 0 fully saturated rings. The highest BCUT2D eigenvalue weighted by molar-refractivity contribution is 7.20. The van der Waals surface area contributed by atoms with Crippen LogP contribution in [0.2, 0.25) is 0 Å². The lowest BCUT2D eigenvalue weighted by atomic mass is 9.96. The van der Waals surface area contributed by atoms with Gasteiger partial charge >= 0.3 is 0 Å². The summed E-state index contributed by atoms with van der Waals surface area (Å²) in [5.41, 5.74) is 5.48. The number of nitrogens with two attached hydrogens (primary N) is 1. The molecule has 2 aromatic heterocycles. The van der Waals surface area contributed by atoms with Crippen molar-refractivity contribution in [2.24, 2.45) is 5.73 Å². The van der Waals surface area contributed by atoms with E-state index in [1.807, 2.05) is 0 Å². The van der Waals surface area contributed by atoms with Crippen LogP contribution in [0.3, 0.4) is 0 Å². The van der Waals surface area contributed by atoms with Crippen LogP contribution >= 0.6 is 11.3 Å². The molecule has 1 aromatic carbocycles. The number of amides is 1. The van der Waals surface area contributed by atoms with Crippen LogP contribution in [0.5, 0.6) is 0 Å². The number of benzene rings is 1. The minimum absolute atomic E-state index is 0.0651. The van der Waals surface area contributed by atoms with Crippen LogP contribution in [0.25, 0.3) is 10.4 Å². The summed E-state index contributed by atoms with van der Waals surface area (Å²) < 4.78 is 29.7. The number of nitrogens with one attached hydrogen (secondary N) is 2. The summed E-state index contributed by atoms with van der Waals surface area (Å²) >= 11 is 0.961. The molecule has 0 atom stereocenters. The Bertz CT molecular complexity index is 1320. The molecule has 7 nitrogen and oxygen atoms in total. The molecular weight excluding hydrogens is 474 g/mol. The van der Waals surface area contributed by atoms with Gasteiger partial charge in [-0.05, 0) is 56.2 Å². The van der Waals surface area contributed by atoms with E-state index >= 15 is 0 Å². The van der Waals surface area contributed by atoms with Gasteiger partial charge in [0.2, 0.25) is 0 Å². The van der Waals surface area contributed by atoms with Gasteiger partial charge in [0.05, 0.1) is 29.0 Å². The quantitative estimate of drug-likeness (QED) is 0.363. The smallest absolute Gasteiger partial charge is 0.251 e. The summed E-state index contributed by atoms with van der Waals surface area (Å²) in [5, 5.41) is 16.6. The Labute approximate surface area is 204 Å². The fourth-order valence-electron chi connectivity index (χ4n) is 3.66.